The van der Waals surface area contributed by atoms with Crippen molar-refractivity contribution >= 4 is 5.69 Å². The van der Waals surface area contributed by atoms with Gasteiger partial charge in [-0.2, -0.15) is 0 Å². The monoisotopic (exact) mass is 338 g/mol. The average molecular weight is 338 g/mol. The summed E-state index contributed by atoms with van der Waals surface area (Å²) in [7, 11) is 0. The van der Waals surface area contributed by atoms with Crippen LogP contribution in [-0.4, -0.2) is 74.8 Å². The Bertz CT molecular complexity index is 503. The third-order valence-electron chi connectivity index (χ3n) is 4.67. The molecule has 2 aliphatic rings. The fourth-order valence-electron chi connectivity index (χ4n) is 3.34. The number of halogens is 1. The van der Waals surface area contributed by atoms with Crippen LogP contribution in [0.25, 0.3) is 0 Å². The SMILES string of the molecule is O[C@@H](COC[C@H]1CCCO1)CN1CCN(c2ccccc2F)CC1. The largest absolute Gasteiger partial charge is 0.389 e. The number of aliphatic hydroxyl groups excluding tert-OH is 1. The van der Waals surface area contributed by atoms with Gasteiger partial charge in [0.15, 0.2) is 0 Å². The summed E-state index contributed by atoms with van der Waals surface area (Å²) in [6, 6.07) is 6.89. The van der Waals surface area contributed by atoms with Crippen LogP contribution in [0.3, 0.4) is 0 Å². The Labute approximate surface area is 143 Å². The minimum atomic E-state index is -0.494. The molecule has 24 heavy (non-hydrogen) atoms. The second-order valence-corrected chi connectivity index (χ2v) is 6.57. The Balaban J connectivity index is 1.35. The molecular formula is C18H27FN2O3. The minimum absolute atomic E-state index is 0.173. The van der Waals surface area contributed by atoms with Gasteiger partial charge in [-0.15, -0.1) is 0 Å². The van der Waals surface area contributed by atoms with E-state index in [2.05, 4.69) is 9.80 Å². The Hall–Kier alpha value is -1.21. The fraction of sp³-hybridized carbons (Fsp3) is 0.667. The van der Waals surface area contributed by atoms with E-state index < -0.39 is 6.10 Å². The van der Waals surface area contributed by atoms with Gasteiger partial charge in [0.25, 0.3) is 0 Å². The van der Waals surface area contributed by atoms with Crippen LogP contribution in [0.15, 0.2) is 24.3 Å². The number of piperazine rings is 1. The number of benzene rings is 1. The lowest BCUT2D eigenvalue weighted by Crippen LogP contribution is -2.49. The number of hydrogen-bond acceptors (Lipinski definition) is 5. The van der Waals surface area contributed by atoms with Crippen LogP contribution in [0.1, 0.15) is 12.8 Å². The van der Waals surface area contributed by atoms with Gasteiger partial charge in [-0.25, -0.2) is 4.39 Å². The first-order valence-electron chi connectivity index (χ1n) is 8.81. The van der Waals surface area contributed by atoms with E-state index in [1.807, 2.05) is 12.1 Å². The van der Waals surface area contributed by atoms with E-state index in [9.17, 15) is 9.50 Å². The quantitative estimate of drug-likeness (QED) is 0.816. The van der Waals surface area contributed by atoms with Crippen LogP contribution < -0.4 is 4.90 Å². The molecule has 6 heteroatoms. The molecule has 2 fully saturated rings. The minimum Gasteiger partial charge on any atom is -0.389 e. The maximum absolute atomic E-state index is 13.8. The van der Waals surface area contributed by atoms with Gasteiger partial charge in [0.2, 0.25) is 0 Å². The lowest BCUT2D eigenvalue weighted by Gasteiger charge is -2.37. The number of nitrogens with zero attached hydrogens (tertiary/aromatic N) is 2. The molecule has 0 saturated carbocycles. The summed E-state index contributed by atoms with van der Waals surface area (Å²) in [4.78, 5) is 4.27. The van der Waals surface area contributed by atoms with E-state index in [4.69, 9.17) is 9.47 Å². The van der Waals surface area contributed by atoms with Crippen molar-refractivity contribution in [3.05, 3.63) is 30.1 Å². The van der Waals surface area contributed by atoms with Crippen molar-refractivity contribution in [2.75, 3.05) is 57.4 Å². The molecule has 2 atom stereocenters. The lowest BCUT2D eigenvalue weighted by atomic mass is 10.2. The van der Waals surface area contributed by atoms with E-state index in [-0.39, 0.29) is 11.9 Å². The molecule has 1 N–H and O–H groups in total. The highest BCUT2D eigenvalue weighted by molar-refractivity contribution is 5.47. The van der Waals surface area contributed by atoms with Crippen molar-refractivity contribution in [2.24, 2.45) is 0 Å². The van der Waals surface area contributed by atoms with E-state index >= 15 is 0 Å². The zero-order valence-electron chi connectivity index (χ0n) is 14.1. The topological polar surface area (TPSA) is 45.2 Å². The highest BCUT2D eigenvalue weighted by Crippen LogP contribution is 2.20. The van der Waals surface area contributed by atoms with Gasteiger partial charge in [-0.05, 0) is 25.0 Å². The van der Waals surface area contributed by atoms with Gasteiger partial charge < -0.3 is 19.5 Å². The molecule has 2 aliphatic heterocycles. The van der Waals surface area contributed by atoms with Crippen LogP contribution in [0.2, 0.25) is 0 Å². The molecule has 0 bridgehead atoms. The lowest BCUT2D eigenvalue weighted by molar-refractivity contribution is -0.0254. The number of para-hydroxylation sites is 1. The molecule has 1 aromatic rings. The summed E-state index contributed by atoms with van der Waals surface area (Å²) in [5.41, 5.74) is 0.664. The Kier molecular flexibility index (Phi) is 6.43. The van der Waals surface area contributed by atoms with Gasteiger partial charge in [0.05, 0.1) is 31.1 Å². The maximum atomic E-state index is 13.8. The summed E-state index contributed by atoms with van der Waals surface area (Å²) in [5, 5.41) is 10.1. The van der Waals surface area contributed by atoms with Crippen molar-refractivity contribution in [3.8, 4) is 0 Å². The Morgan fingerprint density at radius 1 is 1.25 bits per heavy atom. The predicted molar refractivity (Wildman–Crippen MR) is 90.9 cm³/mol. The number of β-amino-alcohol motifs (C(OH)–C–C–N with tert-alkyl or cyclic N) is 1. The number of rotatable bonds is 7. The van der Waals surface area contributed by atoms with Crippen molar-refractivity contribution in [1.82, 2.24) is 4.90 Å². The Morgan fingerprint density at radius 2 is 2.04 bits per heavy atom. The Morgan fingerprint density at radius 3 is 2.75 bits per heavy atom. The van der Waals surface area contributed by atoms with Gasteiger partial charge in [0.1, 0.15) is 5.82 Å². The maximum Gasteiger partial charge on any atom is 0.146 e. The fourth-order valence-corrected chi connectivity index (χ4v) is 3.34. The summed E-state index contributed by atoms with van der Waals surface area (Å²) in [6.45, 7) is 5.49. The molecule has 0 aromatic heterocycles. The number of hydrogen-bond donors (Lipinski definition) is 1. The first-order chi connectivity index (χ1) is 11.7. The van der Waals surface area contributed by atoms with Crippen LogP contribution >= 0.6 is 0 Å². The molecule has 1 aromatic carbocycles. The summed E-state index contributed by atoms with van der Waals surface area (Å²) >= 11 is 0. The highest BCUT2D eigenvalue weighted by atomic mass is 19.1. The third-order valence-corrected chi connectivity index (χ3v) is 4.67. The molecule has 2 saturated heterocycles. The first-order valence-corrected chi connectivity index (χ1v) is 8.81. The van der Waals surface area contributed by atoms with E-state index in [0.717, 1.165) is 45.6 Å². The molecule has 0 amide bonds. The van der Waals surface area contributed by atoms with Crippen molar-refractivity contribution < 1.29 is 19.0 Å². The summed E-state index contributed by atoms with van der Waals surface area (Å²) in [6.07, 6.45) is 1.85. The normalized spacial score (nSPS) is 23.6. The van der Waals surface area contributed by atoms with Crippen molar-refractivity contribution in [2.45, 2.75) is 25.0 Å². The number of ether oxygens (including phenoxy) is 2. The van der Waals surface area contributed by atoms with Crippen LogP contribution in [-0.2, 0) is 9.47 Å². The van der Waals surface area contributed by atoms with Gasteiger partial charge >= 0.3 is 0 Å². The second kappa shape index (κ2) is 8.76. The molecule has 5 nitrogen and oxygen atoms in total. The standard InChI is InChI=1S/C18H27FN2O3/c19-17-5-1-2-6-18(17)21-9-7-20(8-10-21)12-15(22)13-23-14-16-4-3-11-24-16/h1-2,5-6,15-16,22H,3-4,7-14H2/t15-,16-/m1/s1. The zero-order chi connectivity index (χ0) is 16.8. The molecular weight excluding hydrogens is 311 g/mol. The van der Waals surface area contributed by atoms with Crippen molar-refractivity contribution in [1.29, 1.82) is 0 Å². The molecule has 0 spiro atoms. The van der Waals surface area contributed by atoms with Crippen LogP contribution in [0.4, 0.5) is 10.1 Å². The molecule has 3 rings (SSSR count). The van der Waals surface area contributed by atoms with Gasteiger partial charge in [0, 0.05) is 39.3 Å². The summed E-state index contributed by atoms with van der Waals surface area (Å²) < 4.78 is 24.9. The predicted octanol–water partition coefficient (Wildman–Crippen LogP) is 1.50. The van der Waals surface area contributed by atoms with Gasteiger partial charge in [-0.3, -0.25) is 4.90 Å². The van der Waals surface area contributed by atoms with Crippen LogP contribution in [0, 0.1) is 5.82 Å². The smallest absolute Gasteiger partial charge is 0.146 e. The summed E-state index contributed by atoms with van der Waals surface area (Å²) in [5.74, 6) is -0.173. The van der Waals surface area contributed by atoms with E-state index in [0.29, 0.717) is 25.4 Å². The van der Waals surface area contributed by atoms with Crippen molar-refractivity contribution in [3.63, 3.8) is 0 Å². The molecule has 134 valence electrons. The molecule has 0 unspecified atom stereocenters. The molecule has 2 heterocycles. The van der Waals surface area contributed by atoms with E-state index in [1.165, 1.54) is 6.07 Å². The van der Waals surface area contributed by atoms with Crippen LogP contribution in [0.5, 0.6) is 0 Å². The zero-order valence-corrected chi connectivity index (χ0v) is 14.1. The number of aliphatic hydroxyl groups is 1. The number of anilines is 1. The highest BCUT2D eigenvalue weighted by Gasteiger charge is 2.21. The molecule has 0 radical (unpaired) electrons. The van der Waals surface area contributed by atoms with Gasteiger partial charge in [-0.1, -0.05) is 12.1 Å². The van der Waals surface area contributed by atoms with E-state index in [1.54, 1.807) is 6.07 Å². The average Bonchev–Trinajstić information content (AvgIpc) is 3.10. The second-order valence-electron chi connectivity index (χ2n) is 6.57. The molecule has 0 aliphatic carbocycles. The first kappa shape index (κ1) is 17.6. The third kappa shape index (κ3) is 4.89.